The van der Waals surface area contributed by atoms with Crippen molar-refractivity contribution in [3.8, 4) is 5.75 Å². The molecule has 14 heavy (non-hydrogen) atoms. The standard InChI is InChI=1S/C10H11BrO3/c1-6(4-10(13)14)7-2-3-9(12)8(11)5-7/h2-3,5-6,12H,4H2,1H3,(H,13,14). The van der Waals surface area contributed by atoms with Crippen molar-refractivity contribution in [2.45, 2.75) is 19.3 Å². The molecule has 0 bridgehead atoms. The highest BCUT2D eigenvalue weighted by atomic mass is 79.9. The Morgan fingerprint density at radius 2 is 2.21 bits per heavy atom. The van der Waals surface area contributed by atoms with E-state index in [4.69, 9.17) is 5.11 Å². The molecule has 2 N–H and O–H groups in total. The molecule has 1 unspecified atom stereocenters. The van der Waals surface area contributed by atoms with Gasteiger partial charge >= 0.3 is 5.97 Å². The van der Waals surface area contributed by atoms with Crippen molar-refractivity contribution in [3.63, 3.8) is 0 Å². The molecule has 1 aromatic rings. The van der Waals surface area contributed by atoms with Crippen molar-refractivity contribution in [2.24, 2.45) is 0 Å². The number of carboxylic acids is 1. The van der Waals surface area contributed by atoms with Gasteiger partial charge in [0.15, 0.2) is 0 Å². The monoisotopic (exact) mass is 258 g/mol. The van der Waals surface area contributed by atoms with Crippen LogP contribution in [0.25, 0.3) is 0 Å². The molecule has 0 aromatic heterocycles. The van der Waals surface area contributed by atoms with Crippen LogP contribution < -0.4 is 0 Å². The smallest absolute Gasteiger partial charge is 0.303 e. The van der Waals surface area contributed by atoms with E-state index in [2.05, 4.69) is 15.9 Å². The minimum absolute atomic E-state index is 0.0515. The van der Waals surface area contributed by atoms with Crippen LogP contribution in [-0.2, 0) is 4.79 Å². The number of hydrogen-bond acceptors (Lipinski definition) is 2. The molecule has 4 heteroatoms. The lowest BCUT2D eigenvalue weighted by atomic mass is 9.98. The zero-order valence-electron chi connectivity index (χ0n) is 7.70. The van der Waals surface area contributed by atoms with Crippen molar-refractivity contribution < 1.29 is 15.0 Å². The summed E-state index contributed by atoms with van der Waals surface area (Å²) >= 11 is 3.18. The summed E-state index contributed by atoms with van der Waals surface area (Å²) in [5.74, 6) is -0.706. The molecule has 0 amide bonds. The average molecular weight is 259 g/mol. The van der Waals surface area contributed by atoms with Gasteiger partial charge in [0, 0.05) is 0 Å². The van der Waals surface area contributed by atoms with E-state index in [9.17, 15) is 9.90 Å². The van der Waals surface area contributed by atoms with Crippen molar-refractivity contribution >= 4 is 21.9 Å². The number of aliphatic carboxylic acids is 1. The third kappa shape index (κ3) is 2.73. The Hall–Kier alpha value is -1.03. The second kappa shape index (κ2) is 4.46. The van der Waals surface area contributed by atoms with E-state index >= 15 is 0 Å². The van der Waals surface area contributed by atoms with Crippen LogP contribution in [0, 0.1) is 0 Å². The Morgan fingerprint density at radius 1 is 1.57 bits per heavy atom. The highest BCUT2D eigenvalue weighted by Gasteiger charge is 2.11. The first-order chi connectivity index (χ1) is 6.50. The molecule has 1 aromatic carbocycles. The predicted octanol–water partition coefficient (Wildman–Crippen LogP) is 2.73. The fourth-order valence-corrected chi connectivity index (χ4v) is 1.61. The molecule has 1 atom stereocenters. The summed E-state index contributed by atoms with van der Waals surface area (Å²) in [5, 5.41) is 17.9. The highest BCUT2D eigenvalue weighted by Crippen LogP contribution is 2.28. The lowest BCUT2D eigenvalue weighted by molar-refractivity contribution is -0.137. The largest absolute Gasteiger partial charge is 0.507 e. The molecule has 0 heterocycles. The lowest BCUT2D eigenvalue weighted by Gasteiger charge is -2.09. The van der Waals surface area contributed by atoms with Crippen molar-refractivity contribution in [1.29, 1.82) is 0 Å². The van der Waals surface area contributed by atoms with Gasteiger partial charge in [0.05, 0.1) is 10.9 Å². The van der Waals surface area contributed by atoms with E-state index in [0.717, 1.165) is 5.56 Å². The molecule has 0 radical (unpaired) electrons. The topological polar surface area (TPSA) is 57.5 Å². The molecule has 0 spiro atoms. The van der Waals surface area contributed by atoms with Crippen LogP contribution in [0.2, 0.25) is 0 Å². The van der Waals surface area contributed by atoms with Crippen LogP contribution >= 0.6 is 15.9 Å². The summed E-state index contributed by atoms with van der Waals surface area (Å²) in [6.07, 6.45) is 0.0945. The van der Waals surface area contributed by atoms with Crippen LogP contribution in [0.15, 0.2) is 22.7 Å². The first-order valence-electron chi connectivity index (χ1n) is 4.21. The van der Waals surface area contributed by atoms with E-state index < -0.39 is 5.97 Å². The summed E-state index contributed by atoms with van der Waals surface area (Å²) in [7, 11) is 0. The Labute approximate surface area is 90.5 Å². The Balaban J connectivity index is 2.85. The van der Waals surface area contributed by atoms with E-state index in [1.54, 1.807) is 18.2 Å². The minimum Gasteiger partial charge on any atom is -0.507 e. The molecule has 76 valence electrons. The molecule has 0 aliphatic heterocycles. The Bertz CT molecular complexity index is 349. The number of halogens is 1. The van der Waals surface area contributed by atoms with Crippen LogP contribution in [0.5, 0.6) is 5.75 Å². The molecule has 0 saturated heterocycles. The number of phenolic OH excluding ortho intramolecular Hbond substituents is 1. The number of rotatable bonds is 3. The van der Waals surface area contributed by atoms with E-state index in [1.165, 1.54) is 0 Å². The maximum absolute atomic E-state index is 10.5. The lowest BCUT2D eigenvalue weighted by Crippen LogP contribution is -2.02. The van der Waals surface area contributed by atoms with Gasteiger partial charge in [0.1, 0.15) is 5.75 Å². The first-order valence-corrected chi connectivity index (χ1v) is 5.00. The summed E-state index contributed by atoms with van der Waals surface area (Å²) in [4.78, 5) is 10.5. The van der Waals surface area contributed by atoms with Gasteiger partial charge in [-0.2, -0.15) is 0 Å². The number of aromatic hydroxyl groups is 1. The van der Waals surface area contributed by atoms with Crippen molar-refractivity contribution in [1.82, 2.24) is 0 Å². The zero-order chi connectivity index (χ0) is 10.7. The fraction of sp³-hybridized carbons (Fsp3) is 0.300. The summed E-state index contributed by atoms with van der Waals surface area (Å²) < 4.78 is 0.590. The number of hydrogen-bond donors (Lipinski definition) is 2. The third-order valence-electron chi connectivity index (χ3n) is 2.02. The molecule has 1 rings (SSSR count). The van der Waals surface area contributed by atoms with Gasteiger partial charge in [0.2, 0.25) is 0 Å². The first kappa shape index (κ1) is 11.0. The number of benzene rings is 1. The van der Waals surface area contributed by atoms with Gasteiger partial charge in [-0.1, -0.05) is 13.0 Å². The summed E-state index contributed by atoms with van der Waals surface area (Å²) in [6.45, 7) is 1.84. The average Bonchev–Trinajstić information content (AvgIpc) is 2.08. The highest BCUT2D eigenvalue weighted by molar-refractivity contribution is 9.10. The van der Waals surface area contributed by atoms with Gasteiger partial charge in [-0.05, 0) is 39.5 Å². The Morgan fingerprint density at radius 3 is 2.71 bits per heavy atom. The van der Waals surface area contributed by atoms with Crippen LogP contribution in [0.1, 0.15) is 24.8 Å². The molecular weight excluding hydrogens is 248 g/mol. The molecule has 0 saturated carbocycles. The number of carbonyl (C=O) groups is 1. The molecule has 0 aliphatic rings. The molecule has 0 aliphatic carbocycles. The van der Waals surface area contributed by atoms with Gasteiger partial charge in [-0.15, -0.1) is 0 Å². The van der Waals surface area contributed by atoms with Crippen molar-refractivity contribution in [3.05, 3.63) is 28.2 Å². The summed E-state index contributed by atoms with van der Waals surface area (Å²) in [6, 6.07) is 5.02. The number of carboxylic acid groups (broad SMARTS) is 1. The second-order valence-corrected chi connectivity index (χ2v) is 4.06. The van der Waals surface area contributed by atoms with Gasteiger partial charge < -0.3 is 10.2 Å². The minimum atomic E-state index is -0.818. The van der Waals surface area contributed by atoms with Crippen LogP contribution in [0.3, 0.4) is 0 Å². The second-order valence-electron chi connectivity index (χ2n) is 3.21. The van der Waals surface area contributed by atoms with E-state index in [0.29, 0.717) is 4.47 Å². The fourth-order valence-electron chi connectivity index (χ4n) is 1.21. The molecular formula is C10H11BrO3. The normalized spacial score (nSPS) is 12.4. The SMILES string of the molecule is CC(CC(=O)O)c1ccc(O)c(Br)c1. The summed E-state index contributed by atoms with van der Waals surface area (Å²) in [5.41, 5.74) is 0.900. The maximum atomic E-state index is 10.5. The molecule has 3 nitrogen and oxygen atoms in total. The zero-order valence-corrected chi connectivity index (χ0v) is 9.28. The van der Waals surface area contributed by atoms with E-state index in [1.807, 2.05) is 6.92 Å². The van der Waals surface area contributed by atoms with Crippen LogP contribution in [-0.4, -0.2) is 16.2 Å². The third-order valence-corrected chi connectivity index (χ3v) is 2.66. The predicted molar refractivity (Wildman–Crippen MR) is 56.5 cm³/mol. The van der Waals surface area contributed by atoms with Gasteiger partial charge in [0.25, 0.3) is 0 Å². The van der Waals surface area contributed by atoms with Crippen LogP contribution in [0.4, 0.5) is 0 Å². The van der Waals surface area contributed by atoms with Gasteiger partial charge in [-0.25, -0.2) is 0 Å². The molecule has 0 fully saturated rings. The van der Waals surface area contributed by atoms with Gasteiger partial charge in [-0.3, -0.25) is 4.79 Å². The Kier molecular flexibility index (Phi) is 3.52. The quantitative estimate of drug-likeness (QED) is 0.877. The van der Waals surface area contributed by atoms with Crippen molar-refractivity contribution in [2.75, 3.05) is 0 Å². The number of phenols is 1. The van der Waals surface area contributed by atoms with E-state index in [-0.39, 0.29) is 18.1 Å². The maximum Gasteiger partial charge on any atom is 0.303 e.